The number of hydrogen-bond acceptors (Lipinski definition) is 2. The number of hydrogen-bond donors (Lipinski definition) is 0. The van der Waals surface area contributed by atoms with Gasteiger partial charge in [0.05, 0.1) is 0 Å². The molecule has 0 spiro atoms. The Bertz CT molecular complexity index is 306. The van der Waals surface area contributed by atoms with Crippen molar-refractivity contribution in [1.82, 2.24) is 14.8 Å². The molecule has 0 amide bonds. The summed E-state index contributed by atoms with van der Waals surface area (Å²) in [5, 5.41) is 8.13. The number of aromatic nitrogens is 3. The van der Waals surface area contributed by atoms with Crippen LogP contribution in [0.4, 0.5) is 0 Å². The number of rotatable bonds is 1. The topological polar surface area (TPSA) is 30.7 Å². The molecule has 0 N–H and O–H groups in total. The van der Waals surface area contributed by atoms with Gasteiger partial charge >= 0.3 is 0 Å². The zero-order valence-electron chi connectivity index (χ0n) is 8.00. The maximum atomic E-state index is 5.94. The second-order valence-corrected chi connectivity index (χ2v) is 4.74. The lowest BCUT2D eigenvalue weighted by Crippen LogP contribution is -2.21. The van der Waals surface area contributed by atoms with Crippen molar-refractivity contribution in [1.29, 1.82) is 0 Å². The first-order chi connectivity index (χ1) is 6.11. The highest BCUT2D eigenvalue weighted by molar-refractivity contribution is 6.28. The van der Waals surface area contributed by atoms with E-state index in [9.17, 15) is 0 Å². The Kier molecular flexibility index (Phi) is 2.06. The van der Waals surface area contributed by atoms with Gasteiger partial charge in [0.25, 0.3) is 0 Å². The third-order valence-electron chi connectivity index (χ3n) is 3.07. The Hall–Kier alpha value is -0.570. The Morgan fingerprint density at radius 1 is 1.62 bits per heavy atom. The Morgan fingerprint density at radius 2 is 2.38 bits per heavy atom. The summed E-state index contributed by atoms with van der Waals surface area (Å²) in [6.07, 6.45) is 5.45. The van der Waals surface area contributed by atoms with Crippen LogP contribution in [0, 0.1) is 5.41 Å². The van der Waals surface area contributed by atoms with Crippen LogP contribution in [0.25, 0.3) is 0 Å². The highest BCUT2D eigenvalue weighted by atomic mass is 35.5. The van der Waals surface area contributed by atoms with Gasteiger partial charge in [0.2, 0.25) is 5.28 Å². The summed E-state index contributed by atoms with van der Waals surface area (Å²) in [6, 6.07) is 0.468. The predicted octanol–water partition coefficient (Wildman–Crippen LogP) is 2.68. The fourth-order valence-corrected chi connectivity index (χ4v) is 2.47. The van der Waals surface area contributed by atoms with Crippen LogP contribution in [0.1, 0.15) is 39.2 Å². The molecule has 0 aromatic carbocycles. The molecular weight excluding hydrogens is 186 g/mol. The van der Waals surface area contributed by atoms with Crippen LogP contribution in [0.5, 0.6) is 0 Å². The smallest absolute Gasteiger partial charge is 0.225 e. The molecular formula is C9H14ClN3. The van der Waals surface area contributed by atoms with E-state index < -0.39 is 0 Å². The highest BCUT2D eigenvalue weighted by Gasteiger charge is 2.36. The molecule has 13 heavy (non-hydrogen) atoms. The third kappa shape index (κ3) is 1.46. The molecule has 1 aromatic rings. The first-order valence-corrected chi connectivity index (χ1v) is 5.04. The minimum absolute atomic E-state index is 0.325. The molecule has 0 saturated heterocycles. The number of nitrogens with zero attached hydrogens (tertiary/aromatic N) is 3. The van der Waals surface area contributed by atoms with Gasteiger partial charge in [0.1, 0.15) is 6.33 Å². The van der Waals surface area contributed by atoms with Gasteiger partial charge in [0.15, 0.2) is 0 Å². The summed E-state index contributed by atoms with van der Waals surface area (Å²) >= 11 is 5.94. The molecule has 0 radical (unpaired) electrons. The lowest BCUT2D eigenvalue weighted by Gasteiger charge is -2.27. The summed E-state index contributed by atoms with van der Waals surface area (Å²) in [7, 11) is 0. The molecule has 0 bridgehead atoms. The quantitative estimate of drug-likeness (QED) is 0.696. The van der Waals surface area contributed by atoms with Crippen LogP contribution < -0.4 is 0 Å². The molecule has 1 unspecified atom stereocenters. The van der Waals surface area contributed by atoms with E-state index in [2.05, 4.69) is 24.0 Å². The maximum absolute atomic E-state index is 5.94. The molecule has 1 aliphatic rings. The molecule has 1 heterocycles. The Labute approximate surface area is 83.1 Å². The highest BCUT2D eigenvalue weighted by Crippen LogP contribution is 2.46. The van der Waals surface area contributed by atoms with Gasteiger partial charge in [-0.1, -0.05) is 20.3 Å². The zero-order chi connectivity index (χ0) is 9.47. The van der Waals surface area contributed by atoms with Gasteiger partial charge in [-0.2, -0.15) is 0 Å². The van der Waals surface area contributed by atoms with E-state index >= 15 is 0 Å². The van der Waals surface area contributed by atoms with Gasteiger partial charge in [-0.05, 0) is 29.9 Å². The van der Waals surface area contributed by atoms with Crippen LogP contribution in [0.3, 0.4) is 0 Å². The van der Waals surface area contributed by atoms with E-state index in [0.29, 0.717) is 16.7 Å². The largest absolute Gasteiger partial charge is 0.301 e. The van der Waals surface area contributed by atoms with Crippen LogP contribution >= 0.6 is 11.6 Å². The normalized spacial score (nSPS) is 26.5. The first-order valence-electron chi connectivity index (χ1n) is 4.66. The van der Waals surface area contributed by atoms with Gasteiger partial charge in [0, 0.05) is 6.04 Å². The van der Waals surface area contributed by atoms with Gasteiger partial charge < -0.3 is 4.57 Å². The summed E-state index contributed by atoms with van der Waals surface area (Å²) < 4.78 is 1.99. The minimum atomic E-state index is 0.325. The maximum Gasteiger partial charge on any atom is 0.225 e. The van der Waals surface area contributed by atoms with E-state index in [1.165, 1.54) is 19.3 Å². The van der Waals surface area contributed by atoms with Gasteiger partial charge in [-0.25, -0.2) is 0 Å². The lowest BCUT2D eigenvalue weighted by molar-refractivity contribution is 0.260. The Balaban J connectivity index is 2.31. The van der Waals surface area contributed by atoms with E-state index in [1.807, 2.05) is 4.57 Å². The van der Waals surface area contributed by atoms with E-state index in [0.717, 1.165) is 0 Å². The van der Waals surface area contributed by atoms with Crippen molar-refractivity contribution in [3.63, 3.8) is 0 Å². The summed E-state index contributed by atoms with van der Waals surface area (Å²) in [5.41, 5.74) is 0.325. The molecule has 72 valence electrons. The van der Waals surface area contributed by atoms with Crippen LogP contribution in [0.2, 0.25) is 5.28 Å². The van der Waals surface area contributed by atoms with Gasteiger partial charge in [-0.3, -0.25) is 0 Å². The standard InChI is InChI=1S/C9H14ClN3/c1-9(2)5-3-4-7(9)13-6-11-12-8(13)10/h6-7H,3-5H2,1-2H3. The summed E-state index contributed by atoms with van der Waals surface area (Å²) in [5.74, 6) is 0. The molecule has 1 fully saturated rings. The minimum Gasteiger partial charge on any atom is -0.301 e. The summed E-state index contributed by atoms with van der Waals surface area (Å²) in [4.78, 5) is 0. The van der Waals surface area contributed by atoms with Crippen molar-refractivity contribution in [2.24, 2.45) is 5.41 Å². The van der Waals surface area contributed by atoms with E-state index in [1.54, 1.807) is 6.33 Å². The third-order valence-corrected chi connectivity index (χ3v) is 3.34. The fourth-order valence-electron chi connectivity index (χ4n) is 2.26. The lowest BCUT2D eigenvalue weighted by atomic mass is 9.87. The van der Waals surface area contributed by atoms with E-state index in [4.69, 9.17) is 11.6 Å². The van der Waals surface area contributed by atoms with E-state index in [-0.39, 0.29) is 0 Å². The number of halogens is 1. The van der Waals surface area contributed by atoms with Gasteiger partial charge in [-0.15, -0.1) is 10.2 Å². The van der Waals surface area contributed by atoms with Crippen molar-refractivity contribution in [3.8, 4) is 0 Å². The van der Waals surface area contributed by atoms with Crippen LogP contribution in [0.15, 0.2) is 6.33 Å². The zero-order valence-corrected chi connectivity index (χ0v) is 8.75. The monoisotopic (exact) mass is 199 g/mol. The molecule has 1 atom stereocenters. The first kappa shape index (κ1) is 9.00. The van der Waals surface area contributed by atoms with Crippen LogP contribution in [-0.2, 0) is 0 Å². The fraction of sp³-hybridized carbons (Fsp3) is 0.778. The average molecular weight is 200 g/mol. The molecule has 3 nitrogen and oxygen atoms in total. The molecule has 1 saturated carbocycles. The van der Waals surface area contributed by atoms with Crippen molar-refractivity contribution in [2.45, 2.75) is 39.2 Å². The van der Waals surface area contributed by atoms with Crippen molar-refractivity contribution in [2.75, 3.05) is 0 Å². The second kappa shape index (κ2) is 2.98. The molecule has 2 rings (SSSR count). The van der Waals surface area contributed by atoms with Crippen molar-refractivity contribution in [3.05, 3.63) is 11.6 Å². The van der Waals surface area contributed by atoms with Crippen LogP contribution in [-0.4, -0.2) is 14.8 Å². The Morgan fingerprint density at radius 3 is 2.85 bits per heavy atom. The summed E-state index contributed by atoms with van der Waals surface area (Å²) in [6.45, 7) is 4.56. The van der Waals surface area contributed by atoms with Crippen molar-refractivity contribution >= 4 is 11.6 Å². The predicted molar refractivity (Wildman–Crippen MR) is 51.7 cm³/mol. The molecule has 1 aromatic heterocycles. The average Bonchev–Trinajstić information content (AvgIpc) is 2.56. The SMILES string of the molecule is CC1(C)CCCC1n1cnnc1Cl. The molecule has 4 heteroatoms. The molecule has 0 aliphatic heterocycles. The second-order valence-electron chi connectivity index (χ2n) is 4.40. The molecule has 1 aliphatic carbocycles. The van der Waals surface area contributed by atoms with Crippen molar-refractivity contribution < 1.29 is 0 Å².